The highest BCUT2D eigenvalue weighted by molar-refractivity contribution is 5.92. The molecule has 0 aliphatic carbocycles. The molecular formula is C16H24N2O3. The van der Waals surface area contributed by atoms with Gasteiger partial charge in [-0.1, -0.05) is 20.8 Å². The predicted molar refractivity (Wildman–Crippen MR) is 82.9 cm³/mol. The van der Waals surface area contributed by atoms with Gasteiger partial charge in [-0.25, -0.2) is 0 Å². The first kappa shape index (κ1) is 15.6. The minimum Gasteiger partial charge on any atom is -0.486 e. The van der Waals surface area contributed by atoms with Crippen LogP contribution in [0.1, 0.15) is 20.8 Å². The third-order valence-electron chi connectivity index (χ3n) is 3.72. The van der Waals surface area contributed by atoms with Gasteiger partial charge in [-0.15, -0.1) is 0 Å². The van der Waals surface area contributed by atoms with Crippen LogP contribution in [0, 0.1) is 11.8 Å². The molecule has 0 radical (unpaired) electrons. The summed E-state index contributed by atoms with van der Waals surface area (Å²) in [6.45, 7) is 8.80. The number of amides is 1. The summed E-state index contributed by atoms with van der Waals surface area (Å²) in [7, 11) is 0. The second kappa shape index (κ2) is 7.31. The van der Waals surface area contributed by atoms with Crippen molar-refractivity contribution in [3.05, 3.63) is 18.2 Å². The van der Waals surface area contributed by atoms with Crippen molar-refractivity contribution in [1.82, 2.24) is 5.32 Å². The van der Waals surface area contributed by atoms with Gasteiger partial charge in [-0.2, -0.15) is 0 Å². The highest BCUT2D eigenvalue weighted by atomic mass is 16.6. The van der Waals surface area contributed by atoms with Crippen LogP contribution in [0.15, 0.2) is 18.2 Å². The molecule has 1 aromatic carbocycles. The van der Waals surface area contributed by atoms with Crippen LogP contribution in [-0.2, 0) is 4.79 Å². The number of carbonyl (C=O) groups is 1. The number of hydrogen-bond acceptors (Lipinski definition) is 4. The molecule has 116 valence electrons. The number of benzene rings is 1. The van der Waals surface area contributed by atoms with E-state index in [0.717, 1.165) is 18.0 Å². The Morgan fingerprint density at radius 1 is 1.19 bits per heavy atom. The molecule has 1 aromatic rings. The van der Waals surface area contributed by atoms with Gasteiger partial charge in [0, 0.05) is 11.8 Å². The van der Waals surface area contributed by atoms with E-state index in [0.29, 0.717) is 37.3 Å². The normalized spacial score (nSPS) is 14.9. The van der Waals surface area contributed by atoms with Gasteiger partial charge >= 0.3 is 0 Å². The zero-order chi connectivity index (χ0) is 15.2. The molecule has 0 spiro atoms. The lowest BCUT2D eigenvalue weighted by molar-refractivity contribution is -0.115. The Morgan fingerprint density at radius 3 is 2.62 bits per heavy atom. The summed E-state index contributed by atoms with van der Waals surface area (Å²) in [6.07, 6.45) is 0. The molecule has 1 aliphatic rings. The summed E-state index contributed by atoms with van der Waals surface area (Å²) in [4.78, 5) is 11.9. The SMILES string of the molecule is CC(C)C(C)CNCC(=O)Nc1ccc2c(c1)OCCO2. The summed E-state index contributed by atoms with van der Waals surface area (Å²) in [6, 6.07) is 5.43. The quantitative estimate of drug-likeness (QED) is 0.844. The van der Waals surface area contributed by atoms with Crippen molar-refractivity contribution < 1.29 is 14.3 Å². The van der Waals surface area contributed by atoms with Crippen molar-refractivity contribution in [2.75, 3.05) is 31.6 Å². The van der Waals surface area contributed by atoms with E-state index in [-0.39, 0.29) is 5.91 Å². The zero-order valence-electron chi connectivity index (χ0n) is 12.9. The van der Waals surface area contributed by atoms with Gasteiger partial charge in [0.2, 0.25) is 5.91 Å². The number of ether oxygens (including phenoxy) is 2. The van der Waals surface area contributed by atoms with Crippen LogP contribution in [0.2, 0.25) is 0 Å². The molecule has 2 rings (SSSR count). The Kier molecular flexibility index (Phi) is 5.44. The molecule has 5 nitrogen and oxygen atoms in total. The van der Waals surface area contributed by atoms with Crippen LogP contribution in [0.3, 0.4) is 0 Å². The smallest absolute Gasteiger partial charge is 0.238 e. The van der Waals surface area contributed by atoms with Gasteiger partial charge < -0.3 is 20.1 Å². The first-order valence-electron chi connectivity index (χ1n) is 7.46. The number of nitrogens with one attached hydrogen (secondary N) is 2. The van der Waals surface area contributed by atoms with Crippen molar-refractivity contribution >= 4 is 11.6 Å². The van der Waals surface area contributed by atoms with Crippen molar-refractivity contribution in [1.29, 1.82) is 0 Å². The molecule has 0 fully saturated rings. The Morgan fingerprint density at radius 2 is 1.90 bits per heavy atom. The summed E-state index contributed by atoms with van der Waals surface area (Å²) >= 11 is 0. The zero-order valence-corrected chi connectivity index (χ0v) is 12.9. The second-order valence-corrected chi connectivity index (χ2v) is 5.76. The van der Waals surface area contributed by atoms with Crippen molar-refractivity contribution in [3.8, 4) is 11.5 Å². The van der Waals surface area contributed by atoms with E-state index in [1.54, 1.807) is 6.07 Å². The van der Waals surface area contributed by atoms with Gasteiger partial charge in [0.1, 0.15) is 13.2 Å². The minimum atomic E-state index is -0.0531. The number of carbonyl (C=O) groups excluding carboxylic acids is 1. The van der Waals surface area contributed by atoms with Crippen LogP contribution in [0.25, 0.3) is 0 Å². The van der Waals surface area contributed by atoms with E-state index in [1.165, 1.54) is 0 Å². The van der Waals surface area contributed by atoms with Crippen LogP contribution in [-0.4, -0.2) is 32.2 Å². The van der Waals surface area contributed by atoms with E-state index in [1.807, 2.05) is 12.1 Å². The molecule has 1 atom stereocenters. The fourth-order valence-electron chi connectivity index (χ4n) is 1.98. The van der Waals surface area contributed by atoms with Gasteiger partial charge in [-0.05, 0) is 30.5 Å². The van der Waals surface area contributed by atoms with Crippen LogP contribution in [0.5, 0.6) is 11.5 Å². The summed E-state index contributed by atoms with van der Waals surface area (Å²) in [5, 5.41) is 6.04. The van der Waals surface area contributed by atoms with E-state index >= 15 is 0 Å². The average Bonchev–Trinajstić information content (AvgIpc) is 2.46. The Balaban J connectivity index is 1.80. The summed E-state index contributed by atoms with van der Waals surface area (Å²) in [5.41, 5.74) is 0.725. The Labute approximate surface area is 126 Å². The molecule has 2 N–H and O–H groups in total. The highest BCUT2D eigenvalue weighted by Gasteiger charge is 2.13. The fraction of sp³-hybridized carbons (Fsp3) is 0.562. The second-order valence-electron chi connectivity index (χ2n) is 5.76. The largest absolute Gasteiger partial charge is 0.486 e. The standard InChI is InChI=1S/C16H24N2O3/c1-11(2)12(3)9-17-10-16(19)18-13-4-5-14-15(8-13)21-7-6-20-14/h4-5,8,11-12,17H,6-7,9-10H2,1-3H3,(H,18,19). The van der Waals surface area contributed by atoms with Crippen LogP contribution in [0.4, 0.5) is 5.69 Å². The van der Waals surface area contributed by atoms with E-state index in [9.17, 15) is 4.79 Å². The number of fused-ring (bicyclic) bond motifs is 1. The lowest BCUT2D eigenvalue weighted by Crippen LogP contribution is -2.32. The predicted octanol–water partition coefficient (Wildman–Crippen LogP) is 2.28. The van der Waals surface area contributed by atoms with E-state index in [2.05, 4.69) is 31.4 Å². The first-order chi connectivity index (χ1) is 10.1. The Hall–Kier alpha value is -1.75. The Bertz CT molecular complexity index is 488. The highest BCUT2D eigenvalue weighted by Crippen LogP contribution is 2.32. The molecule has 0 bridgehead atoms. The number of hydrogen-bond donors (Lipinski definition) is 2. The lowest BCUT2D eigenvalue weighted by atomic mass is 9.98. The first-order valence-corrected chi connectivity index (χ1v) is 7.46. The molecule has 21 heavy (non-hydrogen) atoms. The summed E-state index contributed by atoms with van der Waals surface area (Å²) in [5.74, 6) is 2.51. The van der Waals surface area contributed by atoms with Crippen LogP contribution >= 0.6 is 0 Å². The van der Waals surface area contributed by atoms with Crippen molar-refractivity contribution in [2.45, 2.75) is 20.8 Å². The molecule has 0 saturated heterocycles. The molecule has 0 saturated carbocycles. The number of anilines is 1. The number of rotatable bonds is 6. The third kappa shape index (κ3) is 4.63. The van der Waals surface area contributed by atoms with E-state index < -0.39 is 0 Å². The maximum Gasteiger partial charge on any atom is 0.238 e. The maximum atomic E-state index is 11.9. The van der Waals surface area contributed by atoms with E-state index in [4.69, 9.17) is 9.47 Å². The van der Waals surface area contributed by atoms with Gasteiger partial charge in [-0.3, -0.25) is 4.79 Å². The van der Waals surface area contributed by atoms with Gasteiger partial charge in [0.15, 0.2) is 11.5 Å². The van der Waals surface area contributed by atoms with Crippen molar-refractivity contribution in [3.63, 3.8) is 0 Å². The average molecular weight is 292 g/mol. The topological polar surface area (TPSA) is 59.6 Å². The molecule has 1 aliphatic heterocycles. The summed E-state index contributed by atoms with van der Waals surface area (Å²) < 4.78 is 10.9. The molecule has 1 unspecified atom stereocenters. The fourth-order valence-corrected chi connectivity index (χ4v) is 1.98. The molecular weight excluding hydrogens is 268 g/mol. The van der Waals surface area contributed by atoms with Gasteiger partial charge in [0.25, 0.3) is 0 Å². The minimum absolute atomic E-state index is 0.0531. The molecule has 1 heterocycles. The molecule has 5 heteroatoms. The third-order valence-corrected chi connectivity index (χ3v) is 3.72. The van der Waals surface area contributed by atoms with Crippen LogP contribution < -0.4 is 20.1 Å². The lowest BCUT2D eigenvalue weighted by Gasteiger charge is -2.19. The maximum absolute atomic E-state index is 11.9. The van der Waals surface area contributed by atoms with Gasteiger partial charge in [0.05, 0.1) is 6.54 Å². The molecule has 1 amide bonds. The molecule has 0 aromatic heterocycles. The monoisotopic (exact) mass is 292 g/mol. The van der Waals surface area contributed by atoms with Crippen molar-refractivity contribution in [2.24, 2.45) is 11.8 Å².